The number of nitrogens with one attached hydrogen (secondary N) is 1. The van der Waals surface area contributed by atoms with Crippen LogP contribution in [0, 0.1) is 0 Å². The minimum absolute atomic E-state index is 0.717. The molecule has 17 heavy (non-hydrogen) atoms. The van der Waals surface area contributed by atoms with Crippen LogP contribution in [0.2, 0.25) is 0 Å². The van der Waals surface area contributed by atoms with Crippen LogP contribution in [0.25, 0.3) is 0 Å². The molecule has 1 atom stereocenters. The van der Waals surface area contributed by atoms with Gasteiger partial charge in [-0.15, -0.1) is 0 Å². The van der Waals surface area contributed by atoms with E-state index in [9.17, 15) is 0 Å². The van der Waals surface area contributed by atoms with Crippen LogP contribution in [0.4, 0.5) is 5.69 Å². The first-order valence-electron chi connectivity index (χ1n) is 5.97. The molecule has 1 heterocycles. The van der Waals surface area contributed by atoms with Crippen LogP contribution in [0.5, 0.6) is 0 Å². The fourth-order valence-electron chi connectivity index (χ4n) is 1.59. The Labute approximate surface area is 106 Å². The number of rotatable bonds is 2. The molecule has 1 aliphatic heterocycles. The molecule has 90 valence electrons. The molecule has 0 amide bonds. The quantitative estimate of drug-likeness (QED) is 0.761. The third-order valence-electron chi connectivity index (χ3n) is 2.29. The molecule has 2 rings (SSSR count). The smallest absolute Gasteiger partial charge is 0.0463 e. The van der Waals surface area contributed by atoms with Crippen molar-refractivity contribution < 1.29 is 0 Å². The molecule has 0 radical (unpaired) electrons. The van der Waals surface area contributed by atoms with Gasteiger partial charge in [-0.05, 0) is 19.1 Å². The van der Waals surface area contributed by atoms with Gasteiger partial charge in [0.25, 0.3) is 0 Å². The normalized spacial score (nSPS) is 15.0. The molecule has 1 unspecified atom stereocenters. The Kier molecular flexibility index (Phi) is 5.72. The maximum absolute atomic E-state index is 3.84. The van der Waals surface area contributed by atoms with Crippen molar-refractivity contribution >= 4 is 19.6 Å². The maximum atomic E-state index is 3.84. The average molecular weight is 245 g/mol. The van der Waals surface area contributed by atoms with E-state index in [1.807, 2.05) is 26.8 Å². The summed E-state index contributed by atoms with van der Waals surface area (Å²) in [5.41, 5.74) is 2.34. The van der Waals surface area contributed by atoms with Crippen molar-refractivity contribution in [1.82, 2.24) is 0 Å². The summed E-state index contributed by atoms with van der Waals surface area (Å²) < 4.78 is 0. The summed E-state index contributed by atoms with van der Waals surface area (Å²) >= 11 is 0. The molecule has 1 aromatic rings. The van der Waals surface area contributed by atoms with Crippen molar-refractivity contribution in [2.75, 3.05) is 5.32 Å². The van der Waals surface area contributed by atoms with Crippen molar-refractivity contribution in [3.8, 4) is 0 Å². The van der Waals surface area contributed by atoms with E-state index in [1.54, 1.807) is 0 Å². The number of anilines is 1. The summed E-state index contributed by atoms with van der Waals surface area (Å²) in [7, 11) is 0.717. The van der Waals surface area contributed by atoms with Crippen LogP contribution in [0.1, 0.15) is 20.8 Å². The third-order valence-corrected chi connectivity index (χ3v) is 3.70. The molecule has 0 saturated carbocycles. The summed E-state index contributed by atoms with van der Waals surface area (Å²) in [4.78, 5) is 0. The van der Waals surface area contributed by atoms with E-state index in [-0.39, 0.29) is 0 Å². The molecular formula is C15H20NP. The number of benzene rings is 1. The highest BCUT2D eigenvalue weighted by Gasteiger charge is 2.12. The van der Waals surface area contributed by atoms with Gasteiger partial charge in [0.15, 0.2) is 0 Å². The second-order valence-electron chi connectivity index (χ2n) is 3.33. The molecule has 0 spiro atoms. The Morgan fingerprint density at radius 1 is 1.24 bits per heavy atom. The van der Waals surface area contributed by atoms with Crippen LogP contribution in [-0.2, 0) is 0 Å². The number of hydrogen-bond donors (Lipinski definition) is 1. The van der Waals surface area contributed by atoms with Gasteiger partial charge in [0.2, 0.25) is 0 Å². The zero-order valence-electron chi connectivity index (χ0n) is 10.7. The minimum atomic E-state index is 0.717. The van der Waals surface area contributed by atoms with Crippen LogP contribution < -0.4 is 10.6 Å². The minimum Gasteiger partial charge on any atom is -0.354 e. The van der Waals surface area contributed by atoms with Gasteiger partial charge in [-0.1, -0.05) is 59.4 Å². The second kappa shape index (κ2) is 7.09. The maximum Gasteiger partial charge on any atom is 0.0463 e. The van der Waals surface area contributed by atoms with E-state index < -0.39 is 0 Å². The Morgan fingerprint density at radius 3 is 2.59 bits per heavy atom. The van der Waals surface area contributed by atoms with Crippen molar-refractivity contribution in [3.05, 3.63) is 60.1 Å². The molecule has 0 saturated heterocycles. The fraction of sp³-hybridized carbons (Fsp3) is 0.200. The van der Waals surface area contributed by atoms with Gasteiger partial charge < -0.3 is 5.32 Å². The molecule has 1 aromatic carbocycles. The first-order chi connectivity index (χ1) is 8.35. The van der Waals surface area contributed by atoms with E-state index in [4.69, 9.17) is 0 Å². The Morgan fingerprint density at radius 2 is 1.94 bits per heavy atom. The largest absolute Gasteiger partial charge is 0.354 e. The molecule has 1 nitrogen and oxygen atoms in total. The predicted octanol–water partition coefficient (Wildman–Crippen LogP) is 4.42. The van der Waals surface area contributed by atoms with Gasteiger partial charge in [-0.2, -0.15) is 0 Å². The van der Waals surface area contributed by atoms with Gasteiger partial charge >= 0.3 is 0 Å². The molecule has 1 aliphatic rings. The fourth-order valence-corrected chi connectivity index (χ4v) is 2.88. The van der Waals surface area contributed by atoms with Gasteiger partial charge in [0.1, 0.15) is 0 Å². The first kappa shape index (κ1) is 13.7. The predicted molar refractivity (Wildman–Crippen MR) is 81.4 cm³/mol. The van der Waals surface area contributed by atoms with Crippen LogP contribution in [0.3, 0.4) is 0 Å². The monoisotopic (exact) mass is 245 g/mol. The zero-order valence-corrected chi connectivity index (χ0v) is 11.7. The number of fused-ring (bicyclic) bond motifs is 1. The van der Waals surface area contributed by atoms with E-state index in [0.29, 0.717) is 8.58 Å². The van der Waals surface area contributed by atoms with Gasteiger partial charge in [-0.3, -0.25) is 0 Å². The van der Waals surface area contributed by atoms with Crippen molar-refractivity contribution in [2.24, 2.45) is 0 Å². The van der Waals surface area contributed by atoms with E-state index in [2.05, 4.69) is 48.3 Å². The molecule has 0 fully saturated rings. The summed E-state index contributed by atoms with van der Waals surface area (Å²) in [6.45, 7) is 9.88. The first-order valence-corrected chi connectivity index (χ1v) is 6.97. The van der Waals surface area contributed by atoms with Crippen molar-refractivity contribution in [1.29, 1.82) is 0 Å². The SMILES string of the molecule is C=CC1=C(/C=C\C)Pc2ccccc2N1.CC. The van der Waals surface area contributed by atoms with Crippen molar-refractivity contribution in [3.63, 3.8) is 0 Å². The highest BCUT2D eigenvalue weighted by Crippen LogP contribution is 2.35. The summed E-state index contributed by atoms with van der Waals surface area (Å²) in [6, 6.07) is 8.42. The molecule has 0 aliphatic carbocycles. The van der Waals surface area contributed by atoms with Crippen molar-refractivity contribution in [2.45, 2.75) is 20.8 Å². The standard InChI is InChI=1S/C13H14NP.C2H6/c1-3-7-12-10(4-2)14-11-8-5-6-9-13(11)15-12;1-2/h3-9,14-15H,2H2,1H3;1-2H3/b7-3-;. The lowest BCUT2D eigenvalue weighted by Crippen LogP contribution is -2.13. The lowest BCUT2D eigenvalue weighted by atomic mass is 10.2. The lowest BCUT2D eigenvalue weighted by Gasteiger charge is -2.21. The summed E-state index contributed by atoms with van der Waals surface area (Å²) in [6.07, 6.45) is 6.11. The molecule has 0 aromatic heterocycles. The second-order valence-corrected chi connectivity index (χ2v) is 4.65. The lowest BCUT2D eigenvalue weighted by molar-refractivity contribution is 1.46. The van der Waals surface area contributed by atoms with E-state index in [1.165, 1.54) is 16.3 Å². The number of allylic oxidation sites excluding steroid dienone is 4. The van der Waals surface area contributed by atoms with Crippen LogP contribution in [-0.4, -0.2) is 0 Å². The molecule has 2 heteroatoms. The highest BCUT2D eigenvalue weighted by atomic mass is 31.1. The topological polar surface area (TPSA) is 12.0 Å². The average Bonchev–Trinajstić information content (AvgIpc) is 2.40. The zero-order chi connectivity index (χ0) is 12.7. The van der Waals surface area contributed by atoms with Gasteiger partial charge in [-0.25, -0.2) is 0 Å². The van der Waals surface area contributed by atoms with Gasteiger partial charge in [0, 0.05) is 22.0 Å². The van der Waals surface area contributed by atoms with Crippen LogP contribution >= 0.6 is 8.58 Å². The molecular weight excluding hydrogens is 225 g/mol. The third kappa shape index (κ3) is 3.31. The molecule has 1 N–H and O–H groups in total. The number of para-hydroxylation sites is 1. The van der Waals surface area contributed by atoms with Gasteiger partial charge in [0.05, 0.1) is 0 Å². The Balaban J connectivity index is 0.000000686. The van der Waals surface area contributed by atoms with E-state index in [0.717, 1.165) is 5.70 Å². The van der Waals surface area contributed by atoms with Crippen LogP contribution in [0.15, 0.2) is 60.1 Å². The highest BCUT2D eigenvalue weighted by molar-refractivity contribution is 7.52. The summed E-state index contributed by atoms with van der Waals surface area (Å²) in [5.74, 6) is 0. The summed E-state index contributed by atoms with van der Waals surface area (Å²) in [5, 5.41) is 6.10. The Bertz CT molecular complexity index is 444. The Hall–Kier alpha value is -1.33. The van der Waals surface area contributed by atoms with E-state index >= 15 is 0 Å². The number of hydrogen-bond acceptors (Lipinski definition) is 1. The molecule has 0 bridgehead atoms.